The summed E-state index contributed by atoms with van der Waals surface area (Å²) >= 11 is 0. The van der Waals surface area contributed by atoms with Crippen LogP contribution in [0.15, 0.2) is 30.3 Å². The van der Waals surface area contributed by atoms with Crippen LogP contribution >= 0.6 is 0 Å². The van der Waals surface area contributed by atoms with E-state index < -0.39 is 0 Å². The standard InChI is InChI=1S/C19H25N3O4/c1-13(23)14-7-9-22(10-8-14)19(24)16-11-15(20-21-16)12-26-18-6-4-3-5-17(18)25-2/h3-6,11,13-14,23H,7-10,12H2,1-2H3,(H,20,21)/t13-/m0/s1. The number of benzene rings is 1. The third-order valence-electron chi connectivity index (χ3n) is 4.81. The number of H-pyrrole nitrogens is 1. The van der Waals surface area contributed by atoms with Gasteiger partial charge in [0.25, 0.3) is 5.91 Å². The van der Waals surface area contributed by atoms with Gasteiger partial charge in [0.2, 0.25) is 0 Å². The Morgan fingerprint density at radius 3 is 2.69 bits per heavy atom. The van der Waals surface area contributed by atoms with E-state index in [1.165, 1.54) is 0 Å². The number of amides is 1. The fourth-order valence-corrected chi connectivity index (χ4v) is 3.19. The lowest BCUT2D eigenvalue weighted by atomic mass is 9.92. The highest BCUT2D eigenvalue weighted by atomic mass is 16.5. The molecule has 1 aliphatic heterocycles. The average Bonchev–Trinajstić information content (AvgIpc) is 3.15. The van der Waals surface area contributed by atoms with Gasteiger partial charge in [0.15, 0.2) is 17.2 Å². The minimum Gasteiger partial charge on any atom is -0.493 e. The number of carbonyl (C=O) groups excluding carboxylic acids is 1. The van der Waals surface area contributed by atoms with Gasteiger partial charge in [0.05, 0.1) is 18.9 Å². The van der Waals surface area contributed by atoms with Crippen LogP contribution in [0.2, 0.25) is 0 Å². The lowest BCUT2D eigenvalue weighted by molar-refractivity contribution is 0.0517. The summed E-state index contributed by atoms with van der Waals surface area (Å²) < 4.78 is 11.0. The molecule has 2 N–H and O–H groups in total. The number of piperidine rings is 1. The predicted octanol–water partition coefficient (Wildman–Crippen LogP) is 2.23. The largest absolute Gasteiger partial charge is 0.493 e. The van der Waals surface area contributed by atoms with Crippen LogP contribution in [0.5, 0.6) is 11.5 Å². The van der Waals surface area contributed by atoms with Gasteiger partial charge in [-0.3, -0.25) is 9.89 Å². The number of likely N-dealkylation sites (tertiary alicyclic amines) is 1. The Morgan fingerprint density at radius 1 is 1.35 bits per heavy atom. The van der Waals surface area contributed by atoms with Crippen molar-refractivity contribution in [2.45, 2.75) is 32.5 Å². The number of ether oxygens (including phenoxy) is 2. The molecule has 7 heteroatoms. The number of para-hydroxylation sites is 2. The Balaban J connectivity index is 1.57. The topological polar surface area (TPSA) is 87.7 Å². The molecule has 1 aromatic heterocycles. The number of aliphatic hydroxyl groups excluding tert-OH is 1. The molecule has 7 nitrogen and oxygen atoms in total. The lowest BCUT2D eigenvalue weighted by Gasteiger charge is -2.32. The van der Waals surface area contributed by atoms with Crippen LogP contribution in [0.25, 0.3) is 0 Å². The smallest absolute Gasteiger partial charge is 0.274 e. The van der Waals surface area contributed by atoms with E-state index in [0.717, 1.165) is 18.5 Å². The summed E-state index contributed by atoms with van der Waals surface area (Å²) in [5.74, 6) is 1.47. The van der Waals surface area contributed by atoms with Crippen molar-refractivity contribution in [2.24, 2.45) is 5.92 Å². The zero-order valence-electron chi connectivity index (χ0n) is 15.1. The van der Waals surface area contributed by atoms with E-state index in [1.807, 2.05) is 31.2 Å². The highest BCUT2D eigenvalue weighted by Gasteiger charge is 2.27. The van der Waals surface area contributed by atoms with Crippen LogP contribution in [0.4, 0.5) is 0 Å². The summed E-state index contributed by atoms with van der Waals surface area (Å²) in [5, 5.41) is 16.6. The number of nitrogens with zero attached hydrogens (tertiary/aromatic N) is 2. The Kier molecular flexibility index (Phi) is 5.78. The quantitative estimate of drug-likeness (QED) is 0.826. The van der Waals surface area contributed by atoms with Gasteiger partial charge in [-0.25, -0.2) is 0 Å². The van der Waals surface area contributed by atoms with Gasteiger partial charge in [-0.15, -0.1) is 0 Å². The summed E-state index contributed by atoms with van der Waals surface area (Å²) in [7, 11) is 1.59. The van der Waals surface area contributed by atoms with Crippen molar-refractivity contribution in [3.8, 4) is 11.5 Å². The molecular weight excluding hydrogens is 334 g/mol. The molecule has 0 aliphatic carbocycles. The van der Waals surface area contributed by atoms with E-state index in [9.17, 15) is 9.90 Å². The summed E-state index contributed by atoms with van der Waals surface area (Å²) in [5.41, 5.74) is 1.11. The molecule has 1 amide bonds. The molecule has 0 unspecified atom stereocenters. The first-order valence-corrected chi connectivity index (χ1v) is 8.86. The Hall–Kier alpha value is -2.54. The third kappa shape index (κ3) is 4.16. The van der Waals surface area contributed by atoms with E-state index in [-0.39, 0.29) is 24.5 Å². The molecule has 1 aliphatic rings. The van der Waals surface area contributed by atoms with E-state index >= 15 is 0 Å². The van der Waals surface area contributed by atoms with Crippen molar-refractivity contribution in [3.63, 3.8) is 0 Å². The van der Waals surface area contributed by atoms with Crippen LogP contribution in [-0.2, 0) is 6.61 Å². The summed E-state index contributed by atoms with van der Waals surface area (Å²) in [4.78, 5) is 14.4. The Morgan fingerprint density at radius 2 is 2.04 bits per heavy atom. The Bertz CT molecular complexity index is 736. The SMILES string of the molecule is COc1ccccc1OCc1cc(C(=O)N2CCC([C@H](C)O)CC2)n[nH]1. The molecule has 140 valence electrons. The van der Waals surface area contributed by atoms with Crippen LogP contribution in [0, 0.1) is 5.92 Å². The second-order valence-electron chi connectivity index (χ2n) is 6.59. The van der Waals surface area contributed by atoms with Crippen molar-refractivity contribution >= 4 is 5.91 Å². The number of carbonyl (C=O) groups is 1. The normalized spacial score (nSPS) is 16.3. The number of nitrogens with one attached hydrogen (secondary N) is 1. The molecule has 1 aromatic carbocycles. The lowest BCUT2D eigenvalue weighted by Crippen LogP contribution is -2.40. The van der Waals surface area contributed by atoms with Crippen molar-refractivity contribution < 1.29 is 19.4 Å². The molecule has 0 radical (unpaired) electrons. The van der Waals surface area contributed by atoms with Crippen molar-refractivity contribution in [1.82, 2.24) is 15.1 Å². The number of aliphatic hydroxyl groups is 1. The van der Waals surface area contributed by atoms with E-state index in [1.54, 1.807) is 18.1 Å². The van der Waals surface area contributed by atoms with Gasteiger partial charge in [-0.05, 0) is 43.9 Å². The molecule has 0 saturated carbocycles. The number of rotatable bonds is 6. The van der Waals surface area contributed by atoms with Gasteiger partial charge in [-0.2, -0.15) is 5.10 Å². The van der Waals surface area contributed by atoms with Crippen LogP contribution in [0.1, 0.15) is 35.9 Å². The first kappa shape index (κ1) is 18.3. The predicted molar refractivity (Wildman–Crippen MR) is 96.2 cm³/mol. The summed E-state index contributed by atoms with van der Waals surface area (Å²) in [6.07, 6.45) is 1.31. The number of aromatic nitrogens is 2. The van der Waals surface area contributed by atoms with Gasteiger partial charge in [0, 0.05) is 13.1 Å². The van der Waals surface area contributed by atoms with Gasteiger partial charge >= 0.3 is 0 Å². The van der Waals surface area contributed by atoms with Crippen LogP contribution in [0.3, 0.4) is 0 Å². The minimum atomic E-state index is -0.323. The molecule has 26 heavy (non-hydrogen) atoms. The van der Waals surface area contributed by atoms with Gasteiger partial charge < -0.3 is 19.5 Å². The molecule has 2 aromatic rings. The molecule has 0 spiro atoms. The zero-order chi connectivity index (χ0) is 18.5. The maximum absolute atomic E-state index is 12.6. The zero-order valence-corrected chi connectivity index (χ0v) is 15.1. The van der Waals surface area contributed by atoms with Crippen molar-refractivity contribution in [2.75, 3.05) is 20.2 Å². The highest BCUT2D eigenvalue weighted by molar-refractivity contribution is 5.92. The minimum absolute atomic E-state index is 0.0890. The fourth-order valence-electron chi connectivity index (χ4n) is 3.19. The number of methoxy groups -OCH3 is 1. The summed E-state index contributed by atoms with van der Waals surface area (Å²) in [6.45, 7) is 3.37. The van der Waals surface area contributed by atoms with Gasteiger partial charge in [-0.1, -0.05) is 12.1 Å². The number of hydrogen-bond donors (Lipinski definition) is 2. The summed E-state index contributed by atoms with van der Waals surface area (Å²) in [6, 6.07) is 9.12. The maximum Gasteiger partial charge on any atom is 0.274 e. The molecule has 0 bridgehead atoms. The Labute approximate surface area is 152 Å². The van der Waals surface area contributed by atoms with Crippen LogP contribution in [-0.4, -0.2) is 52.4 Å². The van der Waals surface area contributed by atoms with E-state index in [0.29, 0.717) is 30.3 Å². The van der Waals surface area contributed by atoms with Crippen LogP contribution < -0.4 is 9.47 Å². The first-order chi connectivity index (χ1) is 12.6. The maximum atomic E-state index is 12.6. The second kappa shape index (κ2) is 8.23. The molecule has 1 fully saturated rings. The van der Waals surface area contributed by atoms with Crippen molar-refractivity contribution in [3.05, 3.63) is 41.7 Å². The molecule has 3 rings (SSSR count). The number of aromatic amines is 1. The highest BCUT2D eigenvalue weighted by Crippen LogP contribution is 2.26. The van der Waals surface area contributed by atoms with Gasteiger partial charge in [0.1, 0.15) is 6.61 Å². The molecular formula is C19H25N3O4. The first-order valence-electron chi connectivity index (χ1n) is 8.86. The second-order valence-corrected chi connectivity index (χ2v) is 6.59. The number of hydrogen-bond acceptors (Lipinski definition) is 5. The average molecular weight is 359 g/mol. The monoisotopic (exact) mass is 359 g/mol. The molecule has 1 atom stereocenters. The van der Waals surface area contributed by atoms with Crippen molar-refractivity contribution in [1.29, 1.82) is 0 Å². The fraction of sp³-hybridized carbons (Fsp3) is 0.474. The molecule has 2 heterocycles. The molecule has 1 saturated heterocycles. The van der Waals surface area contributed by atoms with E-state index in [4.69, 9.17) is 9.47 Å². The van der Waals surface area contributed by atoms with E-state index in [2.05, 4.69) is 10.2 Å². The third-order valence-corrected chi connectivity index (χ3v) is 4.81.